The largest absolute Gasteiger partial charge is 0.374 e. The highest BCUT2D eigenvalue weighted by atomic mass is 35.5. The molecule has 0 aliphatic rings. The van der Waals surface area contributed by atoms with Crippen molar-refractivity contribution in [2.24, 2.45) is 21.1 Å². The molecular formula is C36H36ClN5O2S2Si. The maximum Gasteiger partial charge on any atom is 0.251 e. The third kappa shape index (κ3) is 7.20. The van der Waals surface area contributed by atoms with Crippen molar-refractivity contribution >= 4 is 55.0 Å². The molecule has 0 saturated carbocycles. The Morgan fingerprint density at radius 1 is 0.872 bits per heavy atom. The minimum absolute atomic E-state index is 0.116. The maximum atomic E-state index is 13.0. The number of aliphatic hydroxyl groups is 1. The Morgan fingerprint density at radius 2 is 1.57 bits per heavy atom. The van der Waals surface area contributed by atoms with Gasteiger partial charge in [0.2, 0.25) is 0 Å². The third-order valence-corrected chi connectivity index (χ3v) is 9.80. The number of imidazole rings is 2. The highest BCUT2D eigenvalue weighted by molar-refractivity contribution is 7.71. The van der Waals surface area contributed by atoms with Crippen LogP contribution < -0.4 is 5.56 Å². The quantitative estimate of drug-likeness (QED) is 0.0996. The van der Waals surface area contributed by atoms with Gasteiger partial charge in [-0.2, -0.15) is 0 Å². The molecule has 11 heteroatoms. The molecular weight excluding hydrogens is 662 g/mol. The fraction of sp³-hybridized carbons (Fsp3) is 0.194. The topological polar surface area (TPSA) is 83.7 Å². The molecule has 47 heavy (non-hydrogen) atoms. The number of benzene rings is 3. The lowest BCUT2D eigenvalue weighted by molar-refractivity contribution is 0.117. The van der Waals surface area contributed by atoms with Gasteiger partial charge >= 0.3 is 0 Å². The molecule has 3 aromatic heterocycles. The van der Waals surface area contributed by atoms with Crippen molar-refractivity contribution in [2.75, 3.05) is 0 Å². The van der Waals surface area contributed by atoms with Crippen LogP contribution in [0.25, 0.3) is 22.0 Å². The van der Waals surface area contributed by atoms with E-state index in [9.17, 15) is 9.90 Å². The smallest absolute Gasteiger partial charge is 0.251 e. The number of pyridine rings is 1. The molecule has 0 aliphatic carbocycles. The molecule has 0 radical (unpaired) electrons. The summed E-state index contributed by atoms with van der Waals surface area (Å²) < 4.78 is 6.48. The molecule has 3 heterocycles. The molecule has 1 unspecified atom stereocenters. The summed E-state index contributed by atoms with van der Waals surface area (Å²) in [5.74, 6) is 3.32. The molecule has 0 fully saturated rings. The number of aromatic amines is 2. The van der Waals surface area contributed by atoms with Crippen molar-refractivity contribution in [3.63, 3.8) is 0 Å². The molecule has 1 atom stereocenters. The van der Waals surface area contributed by atoms with Gasteiger partial charge in [0, 0.05) is 61.8 Å². The predicted molar refractivity (Wildman–Crippen MR) is 200 cm³/mol. The van der Waals surface area contributed by atoms with Crippen LogP contribution in [0.15, 0.2) is 96.2 Å². The lowest BCUT2D eigenvalue weighted by atomic mass is 9.82. The maximum absolute atomic E-state index is 13.0. The summed E-state index contributed by atoms with van der Waals surface area (Å²) in [6.07, 6.45) is 5.41. The van der Waals surface area contributed by atoms with Gasteiger partial charge in [-0.1, -0.05) is 67.5 Å². The number of aromatic nitrogens is 5. The number of rotatable bonds is 4. The predicted octanol–water partition coefficient (Wildman–Crippen LogP) is 7.85. The van der Waals surface area contributed by atoms with Gasteiger partial charge in [-0.05, 0) is 83.1 Å². The minimum atomic E-state index is -1.56. The lowest BCUT2D eigenvalue weighted by Gasteiger charge is -2.30. The van der Waals surface area contributed by atoms with Gasteiger partial charge in [-0.15, -0.1) is 5.54 Å². The number of nitrogens with one attached hydrogen (secondary N) is 2. The molecule has 7 nitrogen and oxygen atoms in total. The van der Waals surface area contributed by atoms with Crippen LogP contribution in [0.3, 0.4) is 0 Å². The standard InChI is InChI=1S/C32H30ClN3O2SSi.C4H6N2S/c1-35-28-14-11-24(32(38,23-9-12-25(33)13-10-23)29-20-34-31(39)36(29)2)18-27(28)26(19-30(35)37)22-8-6-7-21(17-22)15-16-40(3,4)5;1-6-3-2-5-4(6)7/h6-14,17-20,38H,1-5H3,(H,34,39);2-3H,1H3,(H,5,7). The van der Waals surface area contributed by atoms with Crippen molar-refractivity contribution in [3.05, 3.63) is 139 Å². The first-order valence-electron chi connectivity index (χ1n) is 14.9. The second kappa shape index (κ2) is 13.5. The summed E-state index contributed by atoms with van der Waals surface area (Å²) >= 11 is 16.4. The van der Waals surface area contributed by atoms with E-state index in [1.807, 2.05) is 85.7 Å². The number of nitrogens with zero attached hydrogens (tertiary/aromatic N) is 3. The fourth-order valence-electron chi connectivity index (χ4n) is 5.27. The van der Waals surface area contributed by atoms with Crippen LogP contribution in [0.1, 0.15) is 22.4 Å². The van der Waals surface area contributed by atoms with E-state index < -0.39 is 13.7 Å². The van der Waals surface area contributed by atoms with Crippen LogP contribution >= 0.6 is 36.0 Å². The number of hydrogen-bond donors (Lipinski definition) is 3. The van der Waals surface area contributed by atoms with Crippen molar-refractivity contribution in [1.29, 1.82) is 0 Å². The molecule has 240 valence electrons. The summed E-state index contributed by atoms with van der Waals surface area (Å²) in [5.41, 5.74) is 6.90. The average molecular weight is 698 g/mol. The van der Waals surface area contributed by atoms with Gasteiger partial charge in [0.15, 0.2) is 15.1 Å². The van der Waals surface area contributed by atoms with E-state index in [1.54, 1.807) is 40.6 Å². The van der Waals surface area contributed by atoms with E-state index in [0.717, 1.165) is 32.4 Å². The zero-order valence-corrected chi connectivity index (χ0v) is 30.4. The van der Waals surface area contributed by atoms with E-state index in [2.05, 4.69) is 41.1 Å². The molecule has 0 saturated heterocycles. The molecule has 3 N–H and O–H groups in total. The Morgan fingerprint density at radius 3 is 2.15 bits per heavy atom. The van der Waals surface area contributed by atoms with Gasteiger partial charge in [0.25, 0.3) is 5.56 Å². The van der Waals surface area contributed by atoms with Crippen LogP contribution in [0.5, 0.6) is 0 Å². The van der Waals surface area contributed by atoms with Crippen molar-refractivity contribution < 1.29 is 5.11 Å². The molecule has 6 aromatic rings. The second-order valence-corrected chi connectivity index (χ2v) is 18.4. The van der Waals surface area contributed by atoms with E-state index in [4.69, 9.17) is 36.0 Å². The van der Waals surface area contributed by atoms with Crippen LogP contribution in [0, 0.1) is 21.0 Å². The molecule has 0 amide bonds. The third-order valence-electron chi connectivity index (χ3n) is 7.88. The summed E-state index contributed by atoms with van der Waals surface area (Å²) in [6.45, 7) is 6.63. The van der Waals surface area contributed by atoms with Crippen LogP contribution in [0.4, 0.5) is 0 Å². The Bertz CT molecular complexity index is 2330. The highest BCUT2D eigenvalue weighted by Gasteiger charge is 2.37. The Balaban J connectivity index is 0.000000549. The van der Waals surface area contributed by atoms with E-state index in [0.29, 0.717) is 26.6 Å². The van der Waals surface area contributed by atoms with Gasteiger partial charge < -0.3 is 28.8 Å². The highest BCUT2D eigenvalue weighted by Crippen LogP contribution is 2.39. The summed E-state index contributed by atoms with van der Waals surface area (Å²) in [4.78, 5) is 18.9. The van der Waals surface area contributed by atoms with Crippen LogP contribution in [0.2, 0.25) is 24.7 Å². The SMILES string of the molecule is Cn1c(C(O)(c2ccc(Cl)cc2)c2ccc3c(c2)c(-c2cccc(C#C[Si](C)(C)C)c2)cc(=O)n3C)c[nH]c1=S.Cn1cc[nH]c1=S. The van der Waals surface area contributed by atoms with Gasteiger partial charge in [-0.3, -0.25) is 4.79 Å². The van der Waals surface area contributed by atoms with E-state index in [-0.39, 0.29) is 5.56 Å². The summed E-state index contributed by atoms with van der Waals surface area (Å²) in [5, 5.41) is 13.9. The number of hydrogen-bond acceptors (Lipinski definition) is 4. The van der Waals surface area contributed by atoms with Crippen molar-refractivity contribution in [1.82, 2.24) is 23.7 Å². The fourth-order valence-corrected chi connectivity index (χ4v) is 6.20. The molecule has 0 bridgehead atoms. The van der Waals surface area contributed by atoms with Gasteiger partial charge in [0.1, 0.15) is 8.07 Å². The second-order valence-electron chi connectivity index (χ2n) is 12.4. The molecule has 3 aromatic carbocycles. The minimum Gasteiger partial charge on any atom is -0.374 e. The number of aryl methyl sites for hydroxylation is 2. The van der Waals surface area contributed by atoms with E-state index >= 15 is 0 Å². The number of fused-ring (bicyclic) bond motifs is 1. The van der Waals surface area contributed by atoms with Gasteiger partial charge in [0.05, 0.1) is 11.2 Å². The van der Waals surface area contributed by atoms with Gasteiger partial charge in [-0.25, -0.2) is 0 Å². The zero-order valence-electron chi connectivity index (χ0n) is 27.1. The molecule has 6 rings (SSSR count). The van der Waals surface area contributed by atoms with Crippen molar-refractivity contribution in [3.8, 4) is 22.6 Å². The lowest BCUT2D eigenvalue weighted by Crippen LogP contribution is -2.31. The molecule has 0 aliphatic heterocycles. The first kappa shape index (κ1) is 34.1. The van der Waals surface area contributed by atoms with E-state index in [1.165, 1.54) is 0 Å². The van der Waals surface area contributed by atoms with Crippen molar-refractivity contribution in [2.45, 2.75) is 25.2 Å². The summed E-state index contributed by atoms with van der Waals surface area (Å²) in [6, 6.07) is 22.4. The zero-order chi connectivity index (χ0) is 34.1. The monoisotopic (exact) mass is 697 g/mol. The Hall–Kier alpha value is -4.24. The Kier molecular flexibility index (Phi) is 9.77. The first-order valence-corrected chi connectivity index (χ1v) is 19.6. The number of halogens is 1. The first-order chi connectivity index (χ1) is 22.2. The summed E-state index contributed by atoms with van der Waals surface area (Å²) in [7, 11) is 3.92. The normalized spacial score (nSPS) is 12.5. The number of H-pyrrole nitrogens is 2. The average Bonchev–Trinajstić information content (AvgIpc) is 3.59. The van der Waals surface area contributed by atoms with Crippen LogP contribution in [-0.4, -0.2) is 36.8 Å². The molecule has 0 spiro atoms. The van der Waals surface area contributed by atoms with Crippen LogP contribution in [-0.2, 0) is 26.7 Å². The Labute approximate surface area is 290 Å².